The molecule has 2 saturated carbocycles. The Labute approximate surface area is 314 Å². The number of rotatable bonds is 13. The minimum Gasteiger partial charge on any atom is -0.495 e. The number of ketones is 1. The van der Waals surface area contributed by atoms with E-state index in [0.29, 0.717) is 76.7 Å². The molecule has 7 rings (SSSR count). The number of benzene rings is 1. The van der Waals surface area contributed by atoms with E-state index in [-0.39, 0.29) is 54.2 Å². The molecule has 2 amide bonds. The lowest BCUT2D eigenvalue weighted by Gasteiger charge is -2.40. The number of hydrogen-bond acceptors (Lipinski definition) is 10. The zero-order chi connectivity index (χ0) is 37.3. The minimum atomic E-state index is -3.78. The van der Waals surface area contributed by atoms with Gasteiger partial charge in [0.25, 0.3) is 0 Å². The fraction of sp³-hybridized carbons (Fsp3) is 0.605. The summed E-state index contributed by atoms with van der Waals surface area (Å²) in [7, 11) is -2.23. The van der Waals surface area contributed by atoms with Crippen LogP contribution < -0.4 is 14.2 Å². The Morgan fingerprint density at radius 2 is 1.87 bits per heavy atom. The first-order valence-corrected chi connectivity index (χ1v) is 21.2. The van der Waals surface area contributed by atoms with Crippen LogP contribution in [0.1, 0.15) is 97.6 Å². The van der Waals surface area contributed by atoms with Crippen LogP contribution in [0, 0.1) is 23.2 Å². The lowest BCUT2D eigenvalue weighted by Crippen LogP contribution is -2.54. The van der Waals surface area contributed by atoms with Crippen molar-refractivity contribution in [3.8, 4) is 22.2 Å². The number of nitrogens with one attached hydrogen (secondary N) is 1. The third-order valence-electron chi connectivity index (χ3n) is 11.6. The predicted molar refractivity (Wildman–Crippen MR) is 200 cm³/mol. The summed E-state index contributed by atoms with van der Waals surface area (Å²) in [5.74, 6) is 0.0329. The van der Waals surface area contributed by atoms with Crippen LogP contribution in [0.15, 0.2) is 23.6 Å². The summed E-state index contributed by atoms with van der Waals surface area (Å²) >= 11 is 8.32. The largest absolute Gasteiger partial charge is 0.495 e. The number of Topliss-reactive ketones (excluding diaryl/α,β-unsaturated/α-hetero) is 1. The Morgan fingerprint density at radius 3 is 2.48 bits per heavy atom. The summed E-state index contributed by atoms with van der Waals surface area (Å²) in [5, 5.41) is 3.17. The summed E-state index contributed by atoms with van der Waals surface area (Å²) in [5.41, 5.74) is 0.926. The van der Waals surface area contributed by atoms with Gasteiger partial charge in [-0.1, -0.05) is 52.6 Å². The molecule has 0 bridgehead atoms. The Balaban J connectivity index is 1.23. The summed E-state index contributed by atoms with van der Waals surface area (Å²) in [6.45, 7) is 10.1. The van der Waals surface area contributed by atoms with Gasteiger partial charge in [-0.25, -0.2) is 18.4 Å². The maximum atomic E-state index is 14.5. The van der Waals surface area contributed by atoms with Crippen molar-refractivity contribution in [2.45, 2.75) is 115 Å². The van der Waals surface area contributed by atoms with Gasteiger partial charge >= 0.3 is 0 Å². The van der Waals surface area contributed by atoms with Crippen molar-refractivity contribution in [1.29, 1.82) is 0 Å². The van der Waals surface area contributed by atoms with Gasteiger partial charge in [-0.15, -0.1) is 11.3 Å². The van der Waals surface area contributed by atoms with Gasteiger partial charge in [-0.05, 0) is 62.0 Å². The summed E-state index contributed by atoms with van der Waals surface area (Å²) in [4.78, 5) is 53.7. The molecule has 52 heavy (non-hydrogen) atoms. The van der Waals surface area contributed by atoms with Crippen LogP contribution >= 0.6 is 22.9 Å². The van der Waals surface area contributed by atoms with E-state index in [2.05, 4.69) is 18.6 Å². The topological polar surface area (TPSA) is 145 Å². The first-order valence-electron chi connectivity index (χ1n) is 18.4. The van der Waals surface area contributed by atoms with Gasteiger partial charge in [0.15, 0.2) is 5.78 Å². The maximum absolute atomic E-state index is 14.5. The molecule has 6 atom stereocenters. The van der Waals surface area contributed by atoms with E-state index < -0.39 is 38.7 Å². The molecule has 1 N–H and O–H groups in total. The quantitative estimate of drug-likeness (QED) is 0.196. The Bertz CT molecular complexity index is 2030. The van der Waals surface area contributed by atoms with Crippen LogP contribution in [-0.4, -0.2) is 71.4 Å². The highest BCUT2D eigenvalue weighted by atomic mass is 35.5. The number of pyridine rings is 1. The molecule has 2 aliphatic carbocycles. The zero-order valence-corrected chi connectivity index (χ0v) is 32.9. The van der Waals surface area contributed by atoms with Gasteiger partial charge < -0.3 is 14.4 Å². The van der Waals surface area contributed by atoms with Gasteiger partial charge in [-0.2, -0.15) is 0 Å². The van der Waals surface area contributed by atoms with E-state index in [1.807, 2.05) is 38.3 Å². The second-order valence-electron chi connectivity index (χ2n) is 15.6. The number of ether oxygens (including phenoxy) is 2. The van der Waals surface area contributed by atoms with E-state index in [4.69, 9.17) is 31.0 Å². The second-order valence-corrected chi connectivity index (χ2v) is 18.8. The number of carbonyl (C=O) groups is 3. The molecule has 2 aliphatic heterocycles. The molecule has 4 fully saturated rings. The fourth-order valence-corrected chi connectivity index (χ4v) is 10.9. The van der Waals surface area contributed by atoms with Crippen molar-refractivity contribution < 1.29 is 32.3 Å². The summed E-state index contributed by atoms with van der Waals surface area (Å²) in [6, 6.07) is 4.28. The Morgan fingerprint density at radius 1 is 1.12 bits per heavy atom. The zero-order valence-electron chi connectivity index (χ0n) is 30.5. The number of carbonyl (C=O) groups excluding carboxylic acids is 3. The molecule has 0 radical (unpaired) electrons. The van der Waals surface area contributed by atoms with E-state index in [0.717, 1.165) is 5.69 Å². The molecule has 11 nitrogen and oxygen atoms in total. The van der Waals surface area contributed by atoms with Crippen molar-refractivity contribution in [1.82, 2.24) is 19.6 Å². The van der Waals surface area contributed by atoms with Crippen LogP contribution in [-0.2, 0) is 24.4 Å². The number of piperidine rings is 1. The molecule has 4 heterocycles. The molecular weight excluding hydrogens is 724 g/mol. The van der Waals surface area contributed by atoms with Crippen molar-refractivity contribution in [2.75, 3.05) is 7.11 Å². The SMILES string of the molecule is CC[C@@H]1C[C@]1(CC(=O)[C@@H]1C[C@@H](Oc2cc(-c3nc(C(C)C)cs3)nc3c(Cl)c(OC)ccc23)[C@H]2CC[C@H](C(C)C)C(=O)N21)C(=O)NS(=O)(=O)C1CC1. The first-order chi connectivity index (χ1) is 24.7. The lowest BCUT2D eigenvalue weighted by molar-refractivity contribution is -0.149. The molecule has 2 aromatic heterocycles. The highest BCUT2D eigenvalue weighted by Crippen LogP contribution is 2.58. The highest BCUT2D eigenvalue weighted by molar-refractivity contribution is 7.90. The average molecular weight is 771 g/mol. The third kappa shape index (κ3) is 6.59. The van der Waals surface area contributed by atoms with E-state index in [1.54, 1.807) is 18.1 Å². The van der Waals surface area contributed by atoms with Crippen LogP contribution in [0.2, 0.25) is 5.02 Å². The minimum absolute atomic E-state index is 0.0783. The van der Waals surface area contributed by atoms with E-state index in [9.17, 15) is 22.8 Å². The number of methoxy groups -OCH3 is 1. The Hall–Kier alpha value is -3.29. The predicted octanol–water partition coefficient (Wildman–Crippen LogP) is 6.91. The van der Waals surface area contributed by atoms with Crippen molar-refractivity contribution >= 4 is 61.5 Å². The normalized spacial score (nSPS) is 27.3. The molecular formula is C38H47ClN4O7S2. The standard InChI is InChI=1S/C38H47ClN4O7S2/c1-7-21-16-38(21,37(46)42-52(47,48)22-8-9-22)17-29(44)28-15-32(27-12-10-23(19(2)3)36(45)43(27)28)50-31-14-25(35-41-26(18-51-35)20(4)5)40-34-24(31)11-13-30(49-6)33(34)39/h11,13-14,18-23,27-28,32H,7-10,12,15-17H2,1-6H3,(H,42,46)/t21-,23-,27-,28+,32-,38-/m1/s1. The molecule has 2 saturated heterocycles. The average Bonchev–Trinajstić information content (AvgIpc) is 3.99. The number of thiazole rings is 1. The number of sulfonamides is 1. The molecule has 14 heteroatoms. The highest BCUT2D eigenvalue weighted by Gasteiger charge is 2.62. The second kappa shape index (κ2) is 13.8. The van der Waals surface area contributed by atoms with Crippen LogP contribution in [0.4, 0.5) is 0 Å². The molecule has 3 aromatic rings. The first kappa shape index (κ1) is 37.0. The summed E-state index contributed by atoms with van der Waals surface area (Å²) < 4.78 is 40.2. The van der Waals surface area contributed by atoms with Gasteiger partial charge in [-0.3, -0.25) is 19.1 Å². The van der Waals surface area contributed by atoms with Gasteiger partial charge in [0, 0.05) is 35.6 Å². The van der Waals surface area contributed by atoms with Crippen molar-refractivity contribution in [3.63, 3.8) is 0 Å². The molecule has 280 valence electrons. The van der Waals surface area contributed by atoms with Crippen LogP contribution in [0.3, 0.4) is 0 Å². The molecule has 4 aliphatic rings. The number of nitrogens with zero attached hydrogens (tertiary/aromatic N) is 3. The fourth-order valence-electron chi connectivity index (χ4n) is 8.26. The van der Waals surface area contributed by atoms with Gasteiger partial charge in [0.2, 0.25) is 21.8 Å². The maximum Gasteiger partial charge on any atom is 0.240 e. The van der Waals surface area contributed by atoms with Crippen LogP contribution in [0.5, 0.6) is 11.5 Å². The number of hydrogen-bond donors (Lipinski definition) is 1. The van der Waals surface area contributed by atoms with E-state index in [1.165, 1.54) is 11.3 Å². The number of halogens is 1. The number of fused-ring (bicyclic) bond motifs is 2. The third-order valence-corrected chi connectivity index (χ3v) is 14.7. The van der Waals surface area contributed by atoms with Gasteiger partial charge in [0.1, 0.15) is 33.3 Å². The molecule has 0 spiro atoms. The monoisotopic (exact) mass is 770 g/mol. The summed E-state index contributed by atoms with van der Waals surface area (Å²) in [6.07, 6.45) is 3.04. The molecule has 0 unspecified atom stereocenters. The lowest BCUT2D eigenvalue weighted by atomic mass is 9.84. The van der Waals surface area contributed by atoms with Gasteiger partial charge in [0.05, 0.1) is 41.1 Å². The number of amides is 2. The smallest absolute Gasteiger partial charge is 0.240 e. The van der Waals surface area contributed by atoms with Crippen molar-refractivity contribution in [3.05, 3.63) is 34.3 Å². The van der Waals surface area contributed by atoms with Crippen molar-refractivity contribution in [2.24, 2.45) is 23.2 Å². The number of aromatic nitrogens is 2. The van der Waals surface area contributed by atoms with E-state index >= 15 is 0 Å². The molecule has 1 aromatic carbocycles. The van der Waals surface area contributed by atoms with Crippen LogP contribution in [0.25, 0.3) is 21.6 Å². The Kier molecular flexibility index (Phi) is 9.86.